The first-order valence-corrected chi connectivity index (χ1v) is 6.63. The molecule has 1 unspecified atom stereocenters. The van der Waals surface area contributed by atoms with Gasteiger partial charge >= 0.3 is 5.97 Å². The molecule has 1 atom stereocenters. The monoisotopic (exact) mass is 265 g/mol. The number of nitrogens with zero attached hydrogens (tertiary/aromatic N) is 3. The van der Waals surface area contributed by atoms with E-state index in [9.17, 15) is 4.79 Å². The van der Waals surface area contributed by atoms with Crippen LogP contribution < -0.4 is 4.90 Å². The lowest BCUT2D eigenvalue weighted by molar-refractivity contribution is -0.131. The van der Waals surface area contributed by atoms with E-state index in [2.05, 4.69) is 30.8 Å². The number of hydrogen-bond donors (Lipinski definition) is 1. The number of aliphatic carboxylic acids is 1. The third-order valence-electron chi connectivity index (χ3n) is 3.37. The molecule has 0 aliphatic heterocycles. The molecule has 0 aliphatic rings. The van der Waals surface area contributed by atoms with Crippen LogP contribution in [0.4, 0.5) is 5.82 Å². The van der Waals surface area contributed by atoms with E-state index >= 15 is 0 Å². The van der Waals surface area contributed by atoms with E-state index in [-0.39, 0.29) is 0 Å². The zero-order valence-electron chi connectivity index (χ0n) is 12.3. The molecule has 0 aliphatic carbocycles. The summed E-state index contributed by atoms with van der Waals surface area (Å²) in [6.07, 6.45) is 3.82. The lowest BCUT2D eigenvalue weighted by Crippen LogP contribution is -2.34. The first-order valence-electron chi connectivity index (χ1n) is 6.63. The van der Waals surface area contributed by atoms with E-state index in [1.54, 1.807) is 6.08 Å². The van der Waals surface area contributed by atoms with Crippen LogP contribution in [0, 0.1) is 6.92 Å². The molecule has 1 aromatic heterocycles. The second-order valence-corrected chi connectivity index (χ2v) is 4.66. The van der Waals surface area contributed by atoms with Crippen molar-refractivity contribution in [3.63, 3.8) is 0 Å². The summed E-state index contributed by atoms with van der Waals surface area (Å²) < 4.78 is 1.83. The fourth-order valence-electron chi connectivity index (χ4n) is 2.24. The second-order valence-electron chi connectivity index (χ2n) is 4.66. The van der Waals surface area contributed by atoms with Crippen LogP contribution in [0.15, 0.2) is 6.08 Å². The molecule has 1 N–H and O–H groups in total. The van der Waals surface area contributed by atoms with Gasteiger partial charge in [-0.2, -0.15) is 5.10 Å². The lowest BCUT2D eigenvalue weighted by Gasteiger charge is -2.30. The molecule has 0 aromatic carbocycles. The Hall–Kier alpha value is -1.78. The zero-order valence-corrected chi connectivity index (χ0v) is 12.3. The summed E-state index contributed by atoms with van der Waals surface area (Å²) in [5, 5.41) is 13.2. The highest BCUT2D eigenvalue weighted by atomic mass is 16.4. The molecular weight excluding hydrogens is 242 g/mol. The first kappa shape index (κ1) is 15.3. The third-order valence-corrected chi connectivity index (χ3v) is 3.37. The summed E-state index contributed by atoms with van der Waals surface area (Å²) in [5.74, 6) is 0.0349. The summed E-state index contributed by atoms with van der Waals surface area (Å²) >= 11 is 0. The molecular formula is C14H23N3O2. The Labute approximate surface area is 114 Å². The molecule has 0 spiro atoms. The number of carboxylic acids is 1. The van der Waals surface area contributed by atoms with E-state index in [4.69, 9.17) is 5.11 Å². The van der Waals surface area contributed by atoms with Gasteiger partial charge in [-0.3, -0.25) is 4.68 Å². The molecule has 1 aromatic rings. The van der Waals surface area contributed by atoms with Crippen molar-refractivity contribution < 1.29 is 9.90 Å². The smallest absolute Gasteiger partial charge is 0.328 e. The minimum absolute atomic E-state index is 0.386. The summed E-state index contributed by atoms with van der Waals surface area (Å²) in [6.45, 7) is 9.16. The molecule has 106 valence electrons. The molecule has 5 nitrogen and oxygen atoms in total. The third kappa shape index (κ3) is 3.36. The van der Waals surface area contributed by atoms with Crippen molar-refractivity contribution in [1.29, 1.82) is 0 Å². The van der Waals surface area contributed by atoms with Gasteiger partial charge in [0.15, 0.2) is 0 Å². The summed E-state index contributed by atoms with van der Waals surface area (Å²) in [5.41, 5.74) is 1.73. The highest BCUT2D eigenvalue weighted by molar-refractivity contribution is 5.87. The fraction of sp³-hybridized carbons (Fsp3) is 0.571. The van der Waals surface area contributed by atoms with Crippen LogP contribution in [-0.4, -0.2) is 33.4 Å². The van der Waals surface area contributed by atoms with E-state index in [1.807, 2.05) is 18.7 Å². The van der Waals surface area contributed by atoms with Gasteiger partial charge in [-0.05, 0) is 33.3 Å². The van der Waals surface area contributed by atoms with E-state index in [0.717, 1.165) is 36.1 Å². The van der Waals surface area contributed by atoms with Gasteiger partial charge in [-0.15, -0.1) is 0 Å². The van der Waals surface area contributed by atoms with Gasteiger partial charge in [0, 0.05) is 31.3 Å². The van der Waals surface area contributed by atoms with Gasteiger partial charge in [0.25, 0.3) is 0 Å². The SMILES string of the molecule is CCC(C)N(CC)c1c(/C=C/C(=O)O)c(C)nn1C. The minimum Gasteiger partial charge on any atom is -0.478 e. The molecule has 0 bridgehead atoms. The highest BCUT2D eigenvalue weighted by Crippen LogP contribution is 2.26. The van der Waals surface area contributed by atoms with E-state index in [0.29, 0.717) is 6.04 Å². The summed E-state index contributed by atoms with van der Waals surface area (Å²) in [7, 11) is 1.89. The maximum atomic E-state index is 10.7. The number of carbonyl (C=O) groups is 1. The van der Waals surface area contributed by atoms with E-state index < -0.39 is 5.97 Å². The molecule has 0 fully saturated rings. The number of aryl methyl sites for hydroxylation is 2. The van der Waals surface area contributed by atoms with E-state index in [1.165, 1.54) is 0 Å². The molecule has 1 heterocycles. The predicted octanol–water partition coefficient (Wildman–Crippen LogP) is 2.45. The average molecular weight is 265 g/mol. The van der Waals surface area contributed by atoms with Crippen molar-refractivity contribution >= 4 is 17.9 Å². The second kappa shape index (κ2) is 6.41. The maximum absolute atomic E-state index is 10.7. The van der Waals surface area contributed by atoms with Crippen LogP contribution in [0.3, 0.4) is 0 Å². The Balaban J connectivity index is 3.28. The van der Waals surface area contributed by atoms with Gasteiger partial charge < -0.3 is 10.0 Å². The number of hydrogen-bond acceptors (Lipinski definition) is 3. The first-order chi connectivity index (χ1) is 8.92. The van der Waals surface area contributed by atoms with Crippen LogP contribution in [0.25, 0.3) is 6.08 Å². The number of rotatable bonds is 6. The largest absolute Gasteiger partial charge is 0.478 e. The highest BCUT2D eigenvalue weighted by Gasteiger charge is 2.20. The molecule has 0 saturated carbocycles. The Kier molecular flexibility index (Phi) is 5.15. The number of aromatic nitrogens is 2. The van der Waals surface area contributed by atoms with Gasteiger partial charge in [0.1, 0.15) is 5.82 Å². The molecule has 5 heteroatoms. The Bertz CT molecular complexity index is 477. The molecule has 19 heavy (non-hydrogen) atoms. The standard InChI is InChI=1S/C14H23N3O2/c1-6-10(3)17(7-2)14-12(8-9-13(18)19)11(4)15-16(14)5/h8-10H,6-7H2,1-5H3,(H,18,19)/b9-8+. The molecule has 0 radical (unpaired) electrons. The average Bonchev–Trinajstić information content (AvgIpc) is 2.62. The normalized spacial score (nSPS) is 12.9. The van der Waals surface area contributed by atoms with Gasteiger partial charge in [-0.1, -0.05) is 6.92 Å². The Morgan fingerprint density at radius 2 is 2.16 bits per heavy atom. The van der Waals surface area contributed by atoms with Crippen LogP contribution in [0.2, 0.25) is 0 Å². The lowest BCUT2D eigenvalue weighted by atomic mass is 10.1. The molecule has 0 amide bonds. The number of carboxylic acid groups (broad SMARTS) is 1. The maximum Gasteiger partial charge on any atom is 0.328 e. The summed E-state index contributed by atoms with van der Waals surface area (Å²) in [4.78, 5) is 13.0. The summed E-state index contributed by atoms with van der Waals surface area (Å²) in [6, 6.07) is 0.386. The minimum atomic E-state index is -0.944. The quantitative estimate of drug-likeness (QED) is 0.803. The Morgan fingerprint density at radius 1 is 1.53 bits per heavy atom. The van der Waals surface area contributed by atoms with Crippen molar-refractivity contribution in [2.45, 2.75) is 40.2 Å². The zero-order chi connectivity index (χ0) is 14.6. The van der Waals surface area contributed by atoms with Crippen LogP contribution in [0.5, 0.6) is 0 Å². The van der Waals surface area contributed by atoms with Crippen molar-refractivity contribution in [1.82, 2.24) is 9.78 Å². The van der Waals surface area contributed by atoms with Gasteiger partial charge in [0.05, 0.1) is 5.69 Å². The van der Waals surface area contributed by atoms with Crippen LogP contribution >= 0.6 is 0 Å². The topological polar surface area (TPSA) is 58.4 Å². The Morgan fingerprint density at radius 3 is 2.63 bits per heavy atom. The van der Waals surface area contributed by atoms with Gasteiger partial charge in [-0.25, -0.2) is 4.79 Å². The predicted molar refractivity (Wildman–Crippen MR) is 77.4 cm³/mol. The van der Waals surface area contributed by atoms with Crippen molar-refractivity contribution in [2.24, 2.45) is 7.05 Å². The van der Waals surface area contributed by atoms with Crippen molar-refractivity contribution in [3.05, 3.63) is 17.3 Å². The van der Waals surface area contributed by atoms with Crippen molar-refractivity contribution in [2.75, 3.05) is 11.4 Å². The molecule has 0 saturated heterocycles. The molecule has 1 rings (SSSR count). The van der Waals surface area contributed by atoms with Crippen LogP contribution in [-0.2, 0) is 11.8 Å². The van der Waals surface area contributed by atoms with Crippen molar-refractivity contribution in [3.8, 4) is 0 Å². The fourth-order valence-corrected chi connectivity index (χ4v) is 2.24. The van der Waals surface area contributed by atoms with Gasteiger partial charge in [0.2, 0.25) is 0 Å². The van der Waals surface area contributed by atoms with Crippen LogP contribution in [0.1, 0.15) is 38.4 Å². The number of anilines is 1.